The third kappa shape index (κ3) is 3.52. The lowest BCUT2D eigenvalue weighted by Gasteiger charge is -2.22. The third-order valence-electron chi connectivity index (χ3n) is 4.85. The van der Waals surface area contributed by atoms with E-state index >= 15 is 0 Å². The van der Waals surface area contributed by atoms with Gasteiger partial charge in [-0.15, -0.1) is 0 Å². The molecule has 0 aromatic carbocycles. The summed E-state index contributed by atoms with van der Waals surface area (Å²) < 4.78 is 5.44. The Kier molecular flexibility index (Phi) is 5.01. The number of aromatic nitrogens is 2. The Morgan fingerprint density at radius 3 is 2.71 bits per heavy atom. The standard InChI is InChI=1S/C17H27N5O2/c1-11-12(2)18-15(17(23)21(3)4)20-16(11)22-7-5-13(9-22)19-14-6-8-24-10-14/h13-14,19H,5-10H2,1-4H3/t13-,14?/m1/s1. The molecule has 7 nitrogen and oxygen atoms in total. The Bertz CT molecular complexity index is 613. The van der Waals surface area contributed by atoms with Crippen LogP contribution in [0.15, 0.2) is 0 Å². The molecule has 132 valence electrons. The molecule has 0 aliphatic carbocycles. The highest BCUT2D eigenvalue weighted by Gasteiger charge is 2.29. The monoisotopic (exact) mass is 333 g/mol. The smallest absolute Gasteiger partial charge is 0.291 e. The number of rotatable bonds is 4. The second-order valence-electron chi connectivity index (χ2n) is 6.94. The van der Waals surface area contributed by atoms with Gasteiger partial charge in [0.2, 0.25) is 5.82 Å². The van der Waals surface area contributed by atoms with Gasteiger partial charge < -0.3 is 19.9 Å². The lowest BCUT2D eigenvalue weighted by atomic mass is 10.2. The number of hydrogen-bond acceptors (Lipinski definition) is 6. The molecule has 7 heteroatoms. The van der Waals surface area contributed by atoms with Gasteiger partial charge in [0.25, 0.3) is 5.91 Å². The van der Waals surface area contributed by atoms with Crippen LogP contribution in [0.2, 0.25) is 0 Å². The van der Waals surface area contributed by atoms with Crippen molar-refractivity contribution in [2.45, 2.75) is 38.8 Å². The highest BCUT2D eigenvalue weighted by molar-refractivity contribution is 5.90. The Hall–Kier alpha value is -1.73. The number of nitrogens with zero attached hydrogens (tertiary/aromatic N) is 4. The largest absolute Gasteiger partial charge is 0.380 e. The predicted octanol–water partition coefficient (Wildman–Crippen LogP) is 0.752. The zero-order chi connectivity index (χ0) is 17.3. The van der Waals surface area contributed by atoms with Gasteiger partial charge in [-0.3, -0.25) is 4.79 Å². The quantitative estimate of drug-likeness (QED) is 0.877. The first kappa shape index (κ1) is 17.1. The summed E-state index contributed by atoms with van der Waals surface area (Å²) in [6, 6.07) is 0.911. The lowest BCUT2D eigenvalue weighted by molar-refractivity contribution is 0.0815. The maximum Gasteiger partial charge on any atom is 0.291 e. The number of carbonyl (C=O) groups is 1. The van der Waals surface area contributed by atoms with Crippen LogP contribution in [0.1, 0.15) is 34.7 Å². The summed E-state index contributed by atoms with van der Waals surface area (Å²) in [6.45, 7) is 7.48. The molecule has 2 aliphatic heterocycles. The summed E-state index contributed by atoms with van der Waals surface area (Å²) in [5.74, 6) is 1.01. The van der Waals surface area contributed by atoms with Crippen molar-refractivity contribution < 1.29 is 9.53 Å². The molecule has 1 amide bonds. The lowest BCUT2D eigenvalue weighted by Crippen LogP contribution is -2.40. The molecule has 3 heterocycles. The Morgan fingerprint density at radius 2 is 2.04 bits per heavy atom. The maximum atomic E-state index is 12.2. The van der Waals surface area contributed by atoms with Crippen molar-refractivity contribution in [2.24, 2.45) is 0 Å². The summed E-state index contributed by atoms with van der Waals surface area (Å²) in [7, 11) is 3.44. The number of hydrogen-bond donors (Lipinski definition) is 1. The van der Waals surface area contributed by atoms with Gasteiger partial charge in [0.15, 0.2) is 0 Å². The molecule has 0 bridgehead atoms. The maximum absolute atomic E-state index is 12.2. The highest BCUT2D eigenvalue weighted by Crippen LogP contribution is 2.24. The van der Waals surface area contributed by atoms with Gasteiger partial charge in [-0.1, -0.05) is 0 Å². The predicted molar refractivity (Wildman–Crippen MR) is 92.5 cm³/mol. The number of carbonyl (C=O) groups excluding carboxylic acids is 1. The van der Waals surface area contributed by atoms with Crippen LogP contribution in [0.5, 0.6) is 0 Å². The Balaban J connectivity index is 1.75. The molecule has 1 aromatic rings. The van der Waals surface area contributed by atoms with Crippen molar-refractivity contribution in [1.29, 1.82) is 0 Å². The minimum absolute atomic E-state index is 0.156. The van der Waals surface area contributed by atoms with Crippen LogP contribution in [0.3, 0.4) is 0 Å². The van der Waals surface area contributed by atoms with Crippen LogP contribution in [0.4, 0.5) is 5.82 Å². The second-order valence-corrected chi connectivity index (χ2v) is 6.94. The molecule has 2 saturated heterocycles. The average molecular weight is 333 g/mol. The average Bonchev–Trinajstić information content (AvgIpc) is 3.21. The first-order valence-corrected chi connectivity index (χ1v) is 8.61. The molecule has 0 spiro atoms. The van der Waals surface area contributed by atoms with Crippen LogP contribution in [0, 0.1) is 13.8 Å². The summed E-state index contributed by atoms with van der Waals surface area (Å²) in [4.78, 5) is 25.0. The minimum Gasteiger partial charge on any atom is -0.380 e. The molecule has 1 N–H and O–H groups in total. The van der Waals surface area contributed by atoms with E-state index in [9.17, 15) is 4.79 Å². The number of aryl methyl sites for hydroxylation is 1. The molecule has 2 atom stereocenters. The van der Waals surface area contributed by atoms with Gasteiger partial charge >= 0.3 is 0 Å². The molecule has 3 rings (SSSR count). The van der Waals surface area contributed by atoms with Crippen molar-refractivity contribution in [2.75, 3.05) is 45.3 Å². The van der Waals surface area contributed by atoms with Crippen LogP contribution in [-0.2, 0) is 4.74 Å². The molecule has 24 heavy (non-hydrogen) atoms. The highest BCUT2D eigenvalue weighted by atomic mass is 16.5. The molecule has 2 fully saturated rings. The van der Waals surface area contributed by atoms with E-state index in [1.165, 1.54) is 4.90 Å². The van der Waals surface area contributed by atoms with E-state index in [1.807, 2.05) is 13.8 Å². The first-order chi connectivity index (χ1) is 11.5. The van der Waals surface area contributed by atoms with E-state index < -0.39 is 0 Å². The topological polar surface area (TPSA) is 70.6 Å². The zero-order valence-corrected chi connectivity index (χ0v) is 15.0. The molecule has 0 radical (unpaired) electrons. The second kappa shape index (κ2) is 7.03. The van der Waals surface area contributed by atoms with E-state index in [0.29, 0.717) is 12.1 Å². The number of nitrogens with one attached hydrogen (secondary N) is 1. The van der Waals surface area contributed by atoms with Gasteiger partial charge in [-0.2, -0.15) is 0 Å². The van der Waals surface area contributed by atoms with Gasteiger partial charge in [0, 0.05) is 57.1 Å². The van der Waals surface area contributed by atoms with E-state index in [4.69, 9.17) is 4.74 Å². The van der Waals surface area contributed by atoms with Crippen LogP contribution in [-0.4, -0.2) is 73.3 Å². The molecule has 2 aliphatic rings. The molecular weight excluding hydrogens is 306 g/mol. The summed E-state index contributed by atoms with van der Waals surface area (Å²) >= 11 is 0. The molecular formula is C17H27N5O2. The van der Waals surface area contributed by atoms with Crippen molar-refractivity contribution in [1.82, 2.24) is 20.2 Å². The summed E-state index contributed by atoms with van der Waals surface area (Å²) in [5.41, 5.74) is 1.92. The molecule has 1 aromatic heterocycles. The normalized spacial score (nSPS) is 23.8. The van der Waals surface area contributed by atoms with E-state index in [-0.39, 0.29) is 11.7 Å². The third-order valence-corrected chi connectivity index (χ3v) is 4.85. The van der Waals surface area contributed by atoms with Crippen LogP contribution >= 0.6 is 0 Å². The fraction of sp³-hybridized carbons (Fsp3) is 0.706. The fourth-order valence-electron chi connectivity index (χ4n) is 3.31. The van der Waals surface area contributed by atoms with Gasteiger partial charge in [0.05, 0.1) is 6.61 Å². The molecule has 1 unspecified atom stereocenters. The van der Waals surface area contributed by atoms with Gasteiger partial charge in [-0.25, -0.2) is 9.97 Å². The van der Waals surface area contributed by atoms with Crippen LogP contribution in [0.25, 0.3) is 0 Å². The Labute approximate surface area is 143 Å². The van der Waals surface area contributed by atoms with E-state index in [2.05, 4.69) is 20.2 Å². The fourth-order valence-corrected chi connectivity index (χ4v) is 3.31. The molecule has 0 saturated carbocycles. The number of ether oxygens (including phenoxy) is 1. The summed E-state index contributed by atoms with van der Waals surface area (Å²) in [5, 5.41) is 3.68. The SMILES string of the molecule is Cc1nc(C(=O)N(C)C)nc(N2CC[C@@H](NC3CCOC3)C2)c1C. The van der Waals surface area contributed by atoms with Gasteiger partial charge in [-0.05, 0) is 26.7 Å². The first-order valence-electron chi connectivity index (χ1n) is 8.61. The van der Waals surface area contributed by atoms with E-state index in [0.717, 1.165) is 56.2 Å². The van der Waals surface area contributed by atoms with Crippen molar-refractivity contribution >= 4 is 11.7 Å². The van der Waals surface area contributed by atoms with Crippen molar-refractivity contribution in [3.05, 3.63) is 17.1 Å². The minimum atomic E-state index is -0.156. The van der Waals surface area contributed by atoms with Gasteiger partial charge in [0.1, 0.15) is 5.82 Å². The van der Waals surface area contributed by atoms with Crippen molar-refractivity contribution in [3.8, 4) is 0 Å². The van der Waals surface area contributed by atoms with Crippen molar-refractivity contribution in [3.63, 3.8) is 0 Å². The Morgan fingerprint density at radius 1 is 1.25 bits per heavy atom. The summed E-state index contributed by atoms with van der Waals surface area (Å²) in [6.07, 6.45) is 2.17. The van der Waals surface area contributed by atoms with E-state index in [1.54, 1.807) is 14.1 Å². The number of amides is 1. The number of anilines is 1. The zero-order valence-electron chi connectivity index (χ0n) is 15.0. The van der Waals surface area contributed by atoms with Crippen LogP contribution < -0.4 is 10.2 Å².